The van der Waals surface area contributed by atoms with Crippen LogP contribution >= 0.6 is 58.0 Å². The number of halogens is 5. The summed E-state index contributed by atoms with van der Waals surface area (Å²) in [4.78, 5) is 0. The molecule has 0 fully saturated rings. The fourth-order valence-electron chi connectivity index (χ4n) is 1.94. The van der Waals surface area contributed by atoms with E-state index in [9.17, 15) is 0 Å². The highest BCUT2D eigenvalue weighted by Gasteiger charge is 2.45. The van der Waals surface area contributed by atoms with Crippen LogP contribution < -0.4 is 0 Å². The van der Waals surface area contributed by atoms with Crippen molar-refractivity contribution >= 4 is 68.8 Å². The van der Waals surface area contributed by atoms with Crippen LogP contribution in [-0.4, -0.2) is 8.13 Å². The van der Waals surface area contributed by atoms with Crippen LogP contribution in [0.1, 0.15) is 12.0 Å². The Kier molecular flexibility index (Phi) is 4.80. The second-order valence-corrected chi connectivity index (χ2v) is 8.11. The lowest BCUT2D eigenvalue weighted by atomic mass is 10.0. The van der Waals surface area contributed by atoms with Gasteiger partial charge in [-0.2, -0.15) is 0 Å². The number of benzene rings is 2. The van der Waals surface area contributed by atoms with E-state index in [2.05, 4.69) is 18.2 Å². The summed E-state index contributed by atoms with van der Waals surface area (Å²) in [5, 5.41) is 2.34. The van der Waals surface area contributed by atoms with E-state index in [0.29, 0.717) is 12.8 Å². The molecule has 0 aliphatic carbocycles. The molecule has 0 amide bonds. The Labute approximate surface area is 137 Å². The fraction of sp³-hybridized carbons (Fsp3) is 0.286. The predicted octanol–water partition coefficient (Wildman–Crippen LogP) is 6.32. The summed E-state index contributed by atoms with van der Waals surface area (Å²) in [6.45, 7) is 0. The lowest BCUT2D eigenvalue weighted by molar-refractivity contribution is 0.706. The first-order valence-electron chi connectivity index (χ1n) is 5.72. The van der Waals surface area contributed by atoms with Crippen molar-refractivity contribution in [3.05, 3.63) is 48.0 Å². The Balaban J connectivity index is 2.23. The Bertz CT molecular complexity index is 566. The van der Waals surface area contributed by atoms with Gasteiger partial charge in [-0.3, -0.25) is 0 Å². The number of aryl methyl sites for hydroxylation is 1. The molecule has 0 N–H and O–H groups in total. The smallest absolute Gasteiger partial charge is 0.0969 e. The van der Waals surface area contributed by atoms with Gasteiger partial charge in [0.1, 0.15) is 0 Å². The molecule has 0 nitrogen and oxygen atoms in total. The summed E-state index contributed by atoms with van der Waals surface area (Å²) >= 11 is 29.5. The normalized spacial score (nSPS) is 12.9. The van der Waals surface area contributed by atoms with E-state index in [4.69, 9.17) is 58.0 Å². The monoisotopic (exact) mass is 354 g/mol. The summed E-state index contributed by atoms with van der Waals surface area (Å²) in [6.07, 6.45) is 1.00. The third-order valence-corrected chi connectivity index (χ3v) is 5.50. The lowest BCUT2D eigenvalue weighted by Crippen LogP contribution is -2.31. The Hall–Kier alpha value is 0.150. The van der Waals surface area contributed by atoms with Crippen LogP contribution in [0.2, 0.25) is 0 Å². The van der Waals surface area contributed by atoms with Gasteiger partial charge < -0.3 is 0 Å². The second kappa shape index (κ2) is 5.87. The maximum atomic E-state index is 6.08. The van der Waals surface area contributed by atoms with E-state index in [1.165, 1.54) is 10.8 Å². The Morgan fingerprint density at radius 3 is 2.11 bits per heavy atom. The highest BCUT2D eigenvalue weighted by atomic mass is 35.6. The largest absolute Gasteiger partial charge is 0.223 e. The van der Waals surface area contributed by atoms with E-state index in [1.54, 1.807) is 0 Å². The molecule has 0 bridgehead atoms. The molecule has 5 heteroatoms. The van der Waals surface area contributed by atoms with Crippen molar-refractivity contribution in [2.24, 2.45) is 0 Å². The van der Waals surface area contributed by atoms with Gasteiger partial charge >= 0.3 is 0 Å². The minimum absolute atomic E-state index is 0.362. The number of alkyl halides is 5. The summed E-state index contributed by atoms with van der Waals surface area (Å²) in [7, 11) is 0. The zero-order chi connectivity index (χ0) is 14.1. The van der Waals surface area contributed by atoms with Crippen LogP contribution in [0.15, 0.2) is 42.5 Å². The molecule has 0 radical (unpaired) electrons. The minimum atomic E-state index is -1.71. The fourth-order valence-corrected chi connectivity index (χ4v) is 2.42. The predicted molar refractivity (Wildman–Crippen MR) is 87.0 cm³/mol. The molecule has 0 unspecified atom stereocenters. The molecule has 19 heavy (non-hydrogen) atoms. The number of hydrogen-bond acceptors (Lipinski definition) is 0. The first-order valence-corrected chi connectivity index (χ1v) is 7.61. The molecule has 2 rings (SSSR count). The first-order chi connectivity index (χ1) is 8.81. The summed E-state index contributed by atoms with van der Waals surface area (Å²) in [5.74, 6) is 0. The first kappa shape index (κ1) is 15.5. The van der Waals surface area contributed by atoms with E-state index in [1.807, 2.05) is 24.3 Å². The molecular formula is C14H11Cl5. The SMILES string of the molecule is ClC(Cl)(Cl)C(Cl)(Cl)CCc1cccc2ccccc12. The molecule has 0 spiro atoms. The second-order valence-electron chi connectivity index (χ2n) is 4.34. The highest BCUT2D eigenvalue weighted by molar-refractivity contribution is 6.75. The molecule has 2 aromatic rings. The van der Waals surface area contributed by atoms with E-state index >= 15 is 0 Å². The van der Waals surface area contributed by atoms with Crippen LogP contribution in [-0.2, 0) is 6.42 Å². The van der Waals surface area contributed by atoms with Crippen molar-refractivity contribution in [2.75, 3.05) is 0 Å². The summed E-state index contributed by atoms with van der Waals surface area (Å²) in [6, 6.07) is 14.2. The third-order valence-electron chi connectivity index (χ3n) is 3.00. The van der Waals surface area contributed by atoms with E-state index in [0.717, 1.165) is 5.56 Å². The van der Waals surface area contributed by atoms with Crippen LogP contribution in [0.4, 0.5) is 0 Å². The van der Waals surface area contributed by atoms with Crippen molar-refractivity contribution < 1.29 is 0 Å². The van der Waals surface area contributed by atoms with Gasteiger partial charge in [0.25, 0.3) is 0 Å². The summed E-state index contributed by atoms with van der Waals surface area (Å²) in [5.41, 5.74) is 1.14. The van der Waals surface area contributed by atoms with Crippen molar-refractivity contribution in [3.8, 4) is 0 Å². The average molecular weight is 357 g/mol. The number of hydrogen-bond donors (Lipinski definition) is 0. The molecule has 0 aliphatic rings. The van der Waals surface area contributed by atoms with Gasteiger partial charge in [0.2, 0.25) is 3.79 Å². The standard InChI is InChI=1S/C14H11Cl5/c15-13(16,14(17,18)19)9-8-11-6-3-5-10-4-1-2-7-12(10)11/h1-7H,8-9H2. The van der Waals surface area contributed by atoms with Gasteiger partial charge in [0, 0.05) is 0 Å². The molecule has 2 aromatic carbocycles. The molecule has 0 heterocycles. The van der Waals surface area contributed by atoms with Gasteiger partial charge in [0.15, 0.2) is 4.33 Å². The minimum Gasteiger partial charge on any atom is -0.0969 e. The van der Waals surface area contributed by atoms with E-state index < -0.39 is 8.13 Å². The zero-order valence-electron chi connectivity index (χ0n) is 9.85. The maximum Gasteiger partial charge on any atom is 0.223 e. The van der Waals surface area contributed by atoms with Crippen LogP contribution in [0.5, 0.6) is 0 Å². The van der Waals surface area contributed by atoms with E-state index in [-0.39, 0.29) is 0 Å². The Morgan fingerprint density at radius 2 is 1.42 bits per heavy atom. The highest BCUT2D eigenvalue weighted by Crippen LogP contribution is 2.48. The number of rotatable bonds is 3. The molecule has 0 aliphatic heterocycles. The molecule has 0 aromatic heterocycles. The molecular weight excluding hydrogens is 345 g/mol. The molecule has 102 valence electrons. The van der Waals surface area contributed by atoms with Gasteiger partial charge in [-0.25, -0.2) is 0 Å². The lowest BCUT2D eigenvalue weighted by Gasteiger charge is -2.27. The van der Waals surface area contributed by atoms with Crippen LogP contribution in [0.25, 0.3) is 10.8 Å². The topological polar surface area (TPSA) is 0 Å². The Morgan fingerprint density at radius 1 is 0.789 bits per heavy atom. The zero-order valence-corrected chi connectivity index (χ0v) is 13.6. The summed E-state index contributed by atoms with van der Waals surface area (Å²) < 4.78 is -3.12. The van der Waals surface area contributed by atoms with Crippen molar-refractivity contribution in [2.45, 2.75) is 21.0 Å². The van der Waals surface area contributed by atoms with Crippen molar-refractivity contribution in [1.29, 1.82) is 0 Å². The van der Waals surface area contributed by atoms with Crippen molar-refractivity contribution in [3.63, 3.8) is 0 Å². The van der Waals surface area contributed by atoms with Gasteiger partial charge in [-0.15, -0.1) is 0 Å². The van der Waals surface area contributed by atoms with Crippen LogP contribution in [0.3, 0.4) is 0 Å². The average Bonchev–Trinajstić information content (AvgIpc) is 2.35. The maximum absolute atomic E-state index is 6.08. The molecule has 0 saturated carbocycles. The van der Waals surface area contributed by atoms with Gasteiger partial charge in [-0.1, -0.05) is 100 Å². The molecule has 0 atom stereocenters. The van der Waals surface area contributed by atoms with Gasteiger partial charge in [0.05, 0.1) is 0 Å². The number of fused-ring (bicyclic) bond motifs is 1. The van der Waals surface area contributed by atoms with Gasteiger partial charge in [-0.05, 0) is 29.2 Å². The quantitative estimate of drug-likeness (QED) is 0.565. The third kappa shape index (κ3) is 3.62. The van der Waals surface area contributed by atoms with Crippen LogP contribution in [0, 0.1) is 0 Å². The van der Waals surface area contributed by atoms with Crippen molar-refractivity contribution in [1.82, 2.24) is 0 Å². The molecule has 0 saturated heterocycles.